The smallest absolute Gasteiger partial charge is 0.331 e. The molecular formula is C19H15ClN2O7. The van der Waals surface area contributed by atoms with E-state index in [0.717, 1.165) is 6.07 Å². The average Bonchev–Trinajstić information content (AvgIpc) is 3.15. The Bertz CT molecular complexity index is 1010. The third-order valence-corrected chi connectivity index (χ3v) is 4.22. The van der Waals surface area contributed by atoms with Gasteiger partial charge in [0.2, 0.25) is 6.79 Å². The number of carbonyl (C=O) groups is 2. The van der Waals surface area contributed by atoms with E-state index in [1.54, 1.807) is 18.2 Å². The predicted octanol–water partition coefficient (Wildman–Crippen LogP) is 3.56. The van der Waals surface area contributed by atoms with E-state index in [-0.39, 0.29) is 23.2 Å². The maximum Gasteiger partial charge on any atom is 0.331 e. The van der Waals surface area contributed by atoms with Gasteiger partial charge in [-0.2, -0.15) is 0 Å². The minimum Gasteiger partial charge on any atom is -0.454 e. The molecule has 0 aliphatic carbocycles. The lowest BCUT2D eigenvalue weighted by atomic mass is 10.2. The summed E-state index contributed by atoms with van der Waals surface area (Å²) in [5.74, 6) is -0.232. The molecule has 1 atom stereocenters. The number of hydrogen-bond acceptors (Lipinski definition) is 7. The van der Waals surface area contributed by atoms with E-state index in [4.69, 9.17) is 25.8 Å². The largest absolute Gasteiger partial charge is 0.454 e. The van der Waals surface area contributed by atoms with Crippen molar-refractivity contribution in [2.24, 2.45) is 0 Å². The van der Waals surface area contributed by atoms with E-state index in [2.05, 4.69) is 5.32 Å². The molecule has 10 heteroatoms. The first-order chi connectivity index (χ1) is 13.8. The third kappa shape index (κ3) is 5.02. The minimum absolute atomic E-state index is 0.0460. The van der Waals surface area contributed by atoms with Crippen molar-refractivity contribution in [3.8, 4) is 11.5 Å². The number of ether oxygens (including phenoxy) is 3. The number of amides is 1. The predicted molar refractivity (Wildman–Crippen MR) is 104 cm³/mol. The molecule has 0 saturated heterocycles. The van der Waals surface area contributed by atoms with Crippen LogP contribution in [-0.2, 0) is 14.3 Å². The Morgan fingerprint density at radius 1 is 1.24 bits per heavy atom. The lowest BCUT2D eigenvalue weighted by Crippen LogP contribution is -2.29. The van der Waals surface area contributed by atoms with Gasteiger partial charge in [-0.25, -0.2) is 4.79 Å². The topological polar surface area (TPSA) is 117 Å². The number of non-ortho nitro benzene ring substituents is 1. The van der Waals surface area contributed by atoms with Gasteiger partial charge in [0.1, 0.15) is 0 Å². The van der Waals surface area contributed by atoms with Crippen molar-refractivity contribution < 1.29 is 28.7 Å². The van der Waals surface area contributed by atoms with Crippen LogP contribution in [-0.4, -0.2) is 29.7 Å². The van der Waals surface area contributed by atoms with Gasteiger partial charge in [-0.05, 0) is 36.8 Å². The third-order valence-electron chi connectivity index (χ3n) is 3.89. The summed E-state index contributed by atoms with van der Waals surface area (Å²) in [4.78, 5) is 34.4. The Kier molecular flexibility index (Phi) is 5.99. The van der Waals surface area contributed by atoms with Gasteiger partial charge in [-0.15, -0.1) is 0 Å². The van der Waals surface area contributed by atoms with Gasteiger partial charge in [0, 0.05) is 18.2 Å². The quantitative estimate of drug-likeness (QED) is 0.330. The van der Waals surface area contributed by atoms with Crippen molar-refractivity contribution in [1.29, 1.82) is 0 Å². The van der Waals surface area contributed by atoms with Crippen molar-refractivity contribution >= 4 is 40.9 Å². The van der Waals surface area contributed by atoms with Gasteiger partial charge in [-0.3, -0.25) is 14.9 Å². The number of rotatable bonds is 6. The second-order valence-electron chi connectivity index (χ2n) is 5.94. The first kappa shape index (κ1) is 20.2. The number of nitro benzene ring substituents is 1. The molecule has 0 fully saturated rings. The molecule has 1 N–H and O–H groups in total. The van der Waals surface area contributed by atoms with E-state index in [1.165, 1.54) is 31.2 Å². The Balaban J connectivity index is 1.58. The number of nitrogens with zero attached hydrogens (tertiary/aromatic N) is 1. The average molecular weight is 419 g/mol. The van der Waals surface area contributed by atoms with Crippen LogP contribution in [0.2, 0.25) is 5.02 Å². The fourth-order valence-electron chi connectivity index (χ4n) is 2.41. The second kappa shape index (κ2) is 8.61. The van der Waals surface area contributed by atoms with Crippen LogP contribution in [0.5, 0.6) is 11.5 Å². The van der Waals surface area contributed by atoms with Crippen LogP contribution in [0.15, 0.2) is 42.5 Å². The highest BCUT2D eigenvalue weighted by atomic mass is 35.5. The first-order valence-electron chi connectivity index (χ1n) is 8.36. The number of esters is 1. The van der Waals surface area contributed by atoms with Crippen LogP contribution in [0.25, 0.3) is 6.08 Å². The van der Waals surface area contributed by atoms with Crippen LogP contribution in [0, 0.1) is 10.1 Å². The monoisotopic (exact) mass is 418 g/mol. The number of benzene rings is 2. The van der Waals surface area contributed by atoms with E-state index < -0.39 is 22.9 Å². The van der Waals surface area contributed by atoms with Gasteiger partial charge in [0.15, 0.2) is 17.6 Å². The molecule has 0 spiro atoms. The van der Waals surface area contributed by atoms with Gasteiger partial charge in [0.05, 0.1) is 15.6 Å². The number of nitro groups is 1. The van der Waals surface area contributed by atoms with Crippen molar-refractivity contribution in [1.82, 2.24) is 0 Å². The minimum atomic E-state index is -1.15. The van der Waals surface area contributed by atoms with Gasteiger partial charge < -0.3 is 19.5 Å². The molecule has 1 aliphatic heterocycles. The molecule has 1 heterocycles. The Hall–Kier alpha value is -3.59. The van der Waals surface area contributed by atoms with Gasteiger partial charge in [-0.1, -0.05) is 17.7 Å². The number of hydrogen-bond donors (Lipinski definition) is 1. The first-order valence-corrected chi connectivity index (χ1v) is 8.74. The molecule has 0 unspecified atom stereocenters. The van der Waals surface area contributed by atoms with Gasteiger partial charge >= 0.3 is 5.97 Å². The zero-order valence-electron chi connectivity index (χ0n) is 15.1. The number of anilines is 1. The number of fused-ring (bicyclic) bond motifs is 1. The molecule has 0 saturated carbocycles. The molecule has 0 aromatic heterocycles. The highest BCUT2D eigenvalue weighted by Gasteiger charge is 2.19. The van der Waals surface area contributed by atoms with Crippen molar-refractivity contribution in [2.45, 2.75) is 13.0 Å². The maximum absolute atomic E-state index is 12.2. The van der Waals surface area contributed by atoms with E-state index in [0.29, 0.717) is 17.1 Å². The SMILES string of the molecule is C[C@@H](OC(=O)/C=C/c1ccc2c(c1)OCO2)C(=O)Nc1cc([N+](=O)[O-])ccc1Cl. The van der Waals surface area contributed by atoms with Gasteiger partial charge in [0.25, 0.3) is 11.6 Å². The molecule has 29 heavy (non-hydrogen) atoms. The fraction of sp³-hybridized carbons (Fsp3) is 0.158. The number of halogens is 1. The van der Waals surface area contributed by atoms with Crippen molar-refractivity contribution in [3.05, 3.63) is 63.2 Å². The normalized spacial score (nSPS) is 13.2. The van der Waals surface area contributed by atoms with Crippen LogP contribution in [0.1, 0.15) is 12.5 Å². The molecule has 150 valence electrons. The Morgan fingerprint density at radius 3 is 2.76 bits per heavy atom. The molecule has 3 rings (SSSR count). The molecule has 1 amide bonds. The molecule has 0 bridgehead atoms. The summed E-state index contributed by atoms with van der Waals surface area (Å²) in [6.45, 7) is 1.51. The zero-order valence-corrected chi connectivity index (χ0v) is 15.8. The standard InChI is InChI=1S/C19H15ClN2O7/c1-11(19(24)21-15-9-13(22(25)26)4-5-14(15)20)29-18(23)7-3-12-2-6-16-17(8-12)28-10-27-16/h2-9,11H,10H2,1H3,(H,21,24)/b7-3+/t11-/m1/s1. The molecule has 2 aromatic rings. The Morgan fingerprint density at radius 2 is 2.00 bits per heavy atom. The lowest BCUT2D eigenvalue weighted by Gasteiger charge is -2.13. The lowest BCUT2D eigenvalue weighted by molar-refractivity contribution is -0.384. The summed E-state index contributed by atoms with van der Waals surface area (Å²) in [6, 6.07) is 8.77. The summed E-state index contributed by atoms with van der Waals surface area (Å²) >= 11 is 5.94. The van der Waals surface area contributed by atoms with E-state index in [1.807, 2.05) is 0 Å². The molecular weight excluding hydrogens is 404 g/mol. The highest BCUT2D eigenvalue weighted by molar-refractivity contribution is 6.33. The fourth-order valence-corrected chi connectivity index (χ4v) is 2.57. The van der Waals surface area contributed by atoms with Crippen molar-refractivity contribution in [2.75, 3.05) is 12.1 Å². The summed E-state index contributed by atoms with van der Waals surface area (Å²) in [5, 5.41) is 13.4. The summed E-state index contributed by atoms with van der Waals surface area (Å²) < 4.78 is 15.5. The van der Waals surface area contributed by atoms with Crippen LogP contribution in [0.4, 0.5) is 11.4 Å². The zero-order chi connectivity index (χ0) is 21.0. The highest BCUT2D eigenvalue weighted by Crippen LogP contribution is 2.32. The van der Waals surface area contributed by atoms with Crippen molar-refractivity contribution in [3.63, 3.8) is 0 Å². The molecule has 9 nitrogen and oxygen atoms in total. The maximum atomic E-state index is 12.2. The molecule has 2 aromatic carbocycles. The molecule has 1 aliphatic rings. The van der Waals surface area contributed by atoms with E-state index >= 15 is 0 Å². The molecule has 0 radical (unpaired) electrons. The van der Waals surface area contributed by atoms with E-state index in [9.17, 15) is 19.7 Å². The Labute approximate surface area is 170 Å². The summed E-state index contributed by atoms with van der Waals surface area (Å²) in [6.07, 6.45) is 1.52. The summed E-state index contributed by atoms with van der Waals surface area (Å²) in [5.41, 5.74) is 0.498. The second-order valence-corrected chi connectivity index (χ2v) is 6.34. The number of carbonyl (C=O) groups excluding carboxylic acids is 2. The number of nitrogens with one attached hydrogen (secondary N) is 1. The van der Waals surface area contributed by atoms with Crippen LogP contribution in [0.3, 0.4) is 0 Å². The van der Waals surface area contributed by atoms with Crippen LogP contribution < -0.4 is 14.8 Å². The summed E-state index contributed by atoms with van der Waals surface area (Å²) in [7, 11) is 0. The van der Waals surface area contributed by atoms with Crippen LogP contribution >= 0.6 is 11.6 Å².